The molecule has 0 aliphatic carbocycles. The molecule has 36 heavy (non-hydrogen) atoms. The largest absolute Gasteiger partial charge is 0.456 e. The number of carbonyl (C=O) groups is 3. The number of fused-ring (bicyclic) bond motifs is 2. The van der Waals surface area contributed by atoms with E-state index in [1.165, 1.54) is 33.7 Å². The number of esters is 1. The third-order valence-corrected chi connectivity index (χ3v) is 7.09. The lowest BCUT2D eigenvalue weighted by molar-refractivity contribution is -0.152. The quantitative estimate of drug-likeness (QED) is 0.307. The van der Waals surface area contributed by atoms with Gasteiger partial charge in [-0.05, 0) is 55.2 Å². The molecule has 1 aromatic heterocycles. The van der Waals surface area contributed by atoms with Crippen molar-refractivity contribution in [1.29, 1.82) is 0 Å². The maximum absolute atomic E-state index is 14.6. The summed E-state index contributed by atoms with van der Waals surface area (Å²) in [6.45, 7) is -0.504. The number of carbonyl (C=O) groups excluding carboxylic acids is 3. The van der Waals surface area contributed by atoms with Crippen LogP contribution in [0.25, 0.3) is 16.6 Å². The maximum atomic E-state index is 14.6. The molecule has 11 heteroatoms. The van der Waals surface area contributed by atoms with E-state index in [-0.39, 0.29) is 33.6 Å². The lowest BCUT2D eigenvalue weighted by Crippen LogP contribution is -2.47. The van der Waals surface area contributed by atoms with Gasteiger partial charge in [-0.1, -0.05) is 11.6 Å². The highest BCUT2D eigenvalue weighted by atomic mass is 35.5. The highest BCUT2D eigenvalue weighted by molar-refractivity contribution is 6.31. The molecule has 3 N–H and O–H groups in total. The van der Waals surface area contributed by atoms with Crippen LogP contribution in [-0.2, 0) is 21.4 Å². The molecular weight excluding hydrogens is 491 g/mol. The number of hydrogen-bond donors (Lipinski definition) is 2. The summed E-state index contributed by atoms with van der Waals surface area (Å²) in [5, 5.41) is -0.0923. The third-order valence-electron chi connectivity index (χ3n) is 6.80. The summed E-state index contributed by atoms with van der Waals surface area (Å²) in [5.74, 6) is -2.26. The summed E-state index contributed by atoms with van der Waals surface area (Å²) in [4.78, 5) is 54.2. The Morgan fingerprint density at radius 2 is 2.00 bits per heavy atom. The first-order chi connectivity index (χ1) is 17.2. The maximum Gasteiger partial charge on any atom is 0.329 e. The number of nitrogen functional groups attached to an aromatic ring is 1. The molecular formula is C25H22ClFN4O5. The van der Waals surface area contributed by atoms with Gasteiger partial charge in [-0.2, -0.15) is 0 Å². The number of anilines is 1. The molecule has 1 fully saturated rings. The van der Waals surface area contributed by atoms with Crippen molar-refractivity contribution in [3.63, 3.8) is 0 Å². The first kappa shape index (κ1) is 23.8. The first-order valence-corrected chi connectivity index (χ1v) is 11.7. The number of nitrogens with zero attached hydrogens (tertiary/aromatic N) is 2. The van der Waals surface area contributed by atoms with Crippen LogP contribution in [0.3, 0.4) is 0 Å². The van der Waals surface area contributed by atoms with E-state index >= 15 is 0 Å². The highest BCUT2D eigenvalue weighted by Gasteiger charge is 2.44. The van der Waals surface area contributed by atoms with E-state index in [2.05, 4.69) is 4.98 Å². The zero-order valence-corrected chi connectivity index (χ0v) is 20.0. The van der Waals surface area contributed by atoms with Crippen molar-refractivity contribution >= 4 is 51.6 Å². The van der Waals surface area contributed by atoms with Crippen LogP contribution >= 0.6 is 11.6 Å². The summed E-state index contributed by atoms with van der Waals surface area (Å²) >= 11 is 5.90. The van der Waals surface area contributed by atoms with E-state index in [0.29, 0.717) is 35.9 Å². The molecule has 3 heterocycles. The van der Waals surface area contributed by atoms with Crippen molar-refractivity contribution in [2.75, 3.05) is 12.3 Å². The summed E-state index contributed by atoms with van der Waals surface area (Å²) < 4.78 is 21.3. The van der Waals surface area contributed by atoms with Crippen molar-refractivity contribution in [3.8, 4) is 0 Å². The molecule has 9 nitrogen and oxygen atoms in total. The van der Waals surface area contributed by atoms with Crippen molar-refractivity contribution in [2.45, 2.75) is 31.3 Å². The number of amides is 1. The number of halogens is 2. The number of H-pyrrole nitrogens is 1. The molecule has 0 saturated carbocycles. The number of aryl methyl sites for hydroxylation is 1. The molecule has 2 aromatic carbocycles. The smallest absolute Gasteiger partial charge is 0.329 e. The van der Waals surface area contributed by atoms with Crippen LogP contribution in [0.1, 0.15) is 35.2 Å². The van der Waals surface area contributed by atoms with Gasteiger partial charge in [-0.25, -0.2) is 14.0 Å². The van der Waals surface area contributed by atoms with Gasteiger partial charge in [0.2, 0.25) is 5.91 Å². The SMILES string of the molecule is Cn1c(=O)[nH]c2cc(C(=O)COC(=O)[C@@H]3CCC4CC(c5c(N)ccc(Cl)c5F)=CC(=O)N43)ccc21. The summed E-state index contributed by atoms with van der Waals surface area (Å²) in [6.07, 6.45) is 2.45. The third kappa shape index (κ3) is 3.97. The topological polar surface area (TPSA) is 127 Å². The number of hydrogen-bond acceptors (Lipinski definition) is 6. The Morgan fingerprint density at radius 3 is 2.78 bits per heavy atom. The van der Waals surface area contributed by atoms with Gasteiger partial charge >= 0.3 is 11.7 Å². The number of ketones is 1. The van der Waals surface area contributed by atoms with Crippen LogP contribution in [0, 0.1) is 5.82 Å². The fourth-order valence-electron chi connectivity index (χ4n) is 4.98. The molecule has 2 aliphatic heterocycles. The Morgan fingerprint density at radius 1 is 1.22 bits per heavy atom. The van der Waals surface area contributed by atoms with E-state index in [1.54, 1.807) is 19.2 Å². The second-order valence-corrected chi connectivity index (χ2v) is 9.35. The van der Waals surface area contributed by atoms with Crippen LogP contribution in [-0.4, -0.2) is 50.8 Å². The lowest BCUT2D eigenvalue weighted by Gasteiger charge is -2.33. The molecule has 1 saturated heterocycles. The van der Waals surface area contributed by atoms with Gasteiger partial charge in [0.1, 0.15) is 6.04 Å². The average Bonchev–Trinajstić information content (AvgIpc) is 3.40. The predicted octanol–water partition coefficient (Wildman–Crippen LogP) is 2.81. The first-order valence-electron chi connectivity index (χ1n) is 11.3. The van der Waals surface area contributed by atoms with Crippen LogP contribution < -0.4 is 11.4 Å². The second-order valence-electron chi connectivity index (χ2n) is 8.94. The van der Waals surface area contributed by atoms with E-state index < -0.39 is 36.1 Å². The number of nitrogens with one attached hydrogen (secondary N) is 1. The summed E-state index contributed by atoms with van der Waals surface area (Å²) in [5.41, 5.74) is 7.76. The molecule has 1 amide bonds. The minimum atomic E-state index is -0.845. The Balaban J connectivity index is 1.28. The van der Waals surface area contributed by atoms with Gasteiger partial charge < -0.3 is 20.4 Å². The Hall–Kier alpha value is -3.92. The van der Waals surface area contributed by atoms with Crippen molar-refractivity contribution < 1.29 is 23.5 Å². The van der Waals surface area contributed by atoms with Gasteiger partial charge in [0, 0.05) is 36.0 Å². The number of nitrogens with two attached hydrogens (primary N) is 1. The van der Waals surface area contributed by atoms with Crippen LogP contribution in [0.5, 0.6) is 0 Å². The number of imidazole rings is 1. The van der Waals surface area contributed by atoms with E-state index in [1.807, 2.05) is 0 Å². The highest BCUT2D eigenvalue weighted by Crippen LogP contribution is 2.39. The minimum Gasteiger partial charge on any atom is -0.456 e. The Kier molecular flexibility index (Phi) is 5.91. The van der Waals surface area contributed by atoms with Gasteiger partial charge in [-0.15, -0.1) is 0 Å². The van der Waals surface area contributed by atoms with Crippen molar-refractivity contribution in [2.24, 2.45) is 7.05 Å². The minimum absolute atomic E-state index is 0.0923. The van der Waals surface area contributed by atoms with E-state index in [4.69, 9.17) is 22.1 Å². The monoisotopic (exact) mass is 512 g/mol. The molecule has 186 valence electrons. The normalized spacial score (nSPS) is 19.4. The number of aromatic amines is 1. The van der Waals surface area contributed by atoms with Crippen LogP contribution in [0.4, 0.5) is 10.1 Å². The second kappa shape index (κ2) is 8.94. The fraction of sp³-hybridized carbons (Fsp3) is 0.280. The number of ether oxygens (including phenoxy) is 1. The van der Waals surface area contributed by atoms with Gasteiger partial charge in [0.05, 0.1) is 16.1 Å². The molecule has 0 radical (unpaired) electrons. The average molecular weight is 513 g/mol. The molecule has 1 unspecified atom stereocenters. The van der Waals surface area contributed by atoms with E-state index in [9.17, 15) is 23.6 Å². The zero-order chi connectivity index (χ0) is 25.7. The molecule has 2 aliphatic rings. The number of aromatic nitrogens is 2. The van der Waals surface area contributed by atoms with Crippen molar-refractivity contribution in [3.05, 3.63) is 68.9 Å². The lowest BCUT2D eigenvalue weighted by atomic mass is 9.92. The molecule has 0 spiro atoms. The van der Waals surface area contributed by atoms with E-state index in [0.717, 1.165) is 0 Å². The summed E-state index contributed by atoms with van der Waals surface area (Å²) in [6, 6.07) is 6.38. The molecule has 3 aromatic rings. The Labute approximate surface area is 209 Å². The number of Topliss-reactive ketones (excluding diaryl/α,β-unsaturated/α-hetero) is 1. The standard InChI is InChI=1S/C25H22ClFN4O5/c1-30-18-6-2-12(9-17(18)29-25(30)35)20(32)11-36-24(34)19-7-3-14-8-13(10-21(33)31(14)19)22-16(28)5-4-15(26)23(22)27/h2,4-6,9-10,14,19H,3,7-8,11,28H2,1H3,(H,29,35)/t14?,19-/m0/s1. The van der Waals surface area contributed by atoms with Gasteiger partial charge in [0.15, 0.2) is 18.2 Å². The molecule has 0 bridgehead atoms. The molecule has 5 rings (SSSR count). The molecule has 2 atom stereocenters. The summed E-state index contributed by atoms with van der Waals surface area (Å²) in [7, 11) is 1.61. The zero-order valence-electron chi connectivity index (χ0n) is 19.2. The predicted molar refractivity (Wildman–Crippen MR) is 131 cm³/mol. The number of benzene rings is 2. The van der Waals surface area contributed by atoms with Gasteiger partial charge in [0.25, 0.3) is 0 Å². The number of rotatable bonds is 5. The van der Waals surface area contributed by atoms with Crippen LogP contribution in [0.2, 0.25) is 5.02 Å². The van der Waals surface area contributed by atoms with Crippen molar-refractivity contribution in [1.82, 2.24) is 14.5 Å². The Bertz CT molecular complexity index is 1520. The van der Waals surface area contributed by atoms with Gasteiger partial charge in [-0.3, -0.25) is 14.2 Å². The fourth-order valence-corrected chi connectivity index (χ4v) is 5.14. The van der Waals surface area contributed by atoms with Crippen LogP contribution in [0.15, 0.2) is 41.2 Å².